The van der Waals surface area contributed by atoms with E-state index in [1.165, 1.54) is 19.5 Å². The number of carbonyl (C=O) groups excluding carboxylic acids is 1. The van der Waals surface area contributed by atoms with Gasteiger partial charge in [0.05, 0.1) is 29.1 Å². The molecule has 0 N–H and O–H groups in total. The van der Waals surface area contributed by atoms with E-state index in [1.807, 2.05) is 0 Å². The third kappa shape index (κ3) is 2.60. The van der Waals surface area contributed by atoms with Crippen molar-refractivity contribution in [3.8, 4) is 11.4 Å². The van der Waals surface area contributed by atoms with Crippen LogP contribution in [0.25, 0.3) is 11.4 Å². The summed E-state index contributed by atoms with van der Waals surface area (Å²) in [6.07, 6.45) is 3.07. The van der Waals surface area contributed by atoms with Gasteiger partial charge in [-0.1, -0.05) is 11.6 Å². The van der Waals surface area contributed by atoms with Gasteiger partial charge in [-0.15, -0.1) is 0 Å². The standard InChI is InChI=1S/C12H9ClN2O2/c1-17-12(16)8-4-5-14-11(6-8)10-3-2-9(13)7-15-10/h2-7H,1H3. The van der Waals surface area contributed by atoms with Gasteiger partial charge in [-0.3, -0.25) is 9.97 Å². The number of halogens is 1. The highest BCUT2D eigenvalue weighted by molar-refractivity contribution is 6.30. The lowest BCUT2D eigenvalue weighted by atomic mass is 10.2. The molecule has 0 amide bonds. The van der Waals surface area contributed by atoms with Crippen LogP contribution in [-0.2, 0) is 4.74 Å². The van der Waals surface area contributed by atoms with Gasteiger partial charge < -0.3 is 4.74 Å². The summed E-state index contributed by atoms with van der Waals surface area (Å²) < 4.78 is 4.64. The summed E-state index contributed by atoms with van der Waals surface area (Å²) >= 11 is 5.75. The van der Waals surface area contributed by atoms with Crippen molar-refractivity contribution in [3.05, 3.63) is 47.2 Å². The van der Waals surface area contributed by atoms with E-state index < -0.39 is 5.97 Å². The van der Waals surface area contributed by atoms with Crippen LogP contribution in [0, 0.1) is 0 Å². The molecule has 17 heavy (non-hydrogen) atoms. The number of carbonyl (C=O) groups is 1. The van der Waals surface area contributed by atoms with Gasteiger partial charge in [0, 0.05) is 12.4 Å². The second kappa shape index (κ2) is 4.93. The number of aromatic nitrogens is 2. The second-order valence-corrected chi connectivity index (χ2v) is 3.72. The van der Waals surface area contributed by atoms with Crippen LogP contribution in [0.4, 0.5) is 0 Å². The van der Waals surface area contributed by atoms with Gasteiger partial charge in [0.15, 0.2) is 0 Å². The molecule has 2 aromatic rings. The number of esters is 1. The van der Waals surface area contributed by atoms with Gasteiger partial charge in [-0.2, -0.15) is 0 Å². The molecular formula is C12H9ClN2O2. The Kier molecular flexibility index (Phi) is 3.35. The van der Waals surface area contributed by atoms with Crippen LogP contribution < -0.4 is 0 Å². The number of nitrogens with zero attached hydrogens (tertiary/aromatic N) is 2. The normalized spacial score (nSPS) is 10.0. The first-order chi connectivity index (χ1) is 8.20. The summed E-state index contributed by atoms with van der Waals surface area (Å²) in [6.45, 7) is 0. The highest BCUT2D eigenvalue weighted by atomic mass is 35.5. The summed E-state index contributed by atoms with van der Waals surface area (Å²) in [5.74, 6) is -0.400. The van der Waals surface area contributed by atoms with Crippen molar-refractivity contribution < 1.29 is 9.53 Å². The van der Waals surface area contributed by atoms with Gasteiger partial charge in [0.25, 0.3) is 0 Å². The Morgan fingerprint density at radius 2 is 2.06 bits per heavy atom. The third-order valence-corrected chi connectivity index (χ3v) is 2.39. The van der Waals surface area contributed by atoms with Crippen molar-refractivity contribution in [2.45, 2.75) is 0 Å². The largest absolute Gasteiger partial charge is 0.465 e. The molecule has 2 heterocycles. The molecule has 2 rings (SSSR count). The minimum absolute atomic E-state index is 0.400. The van der Waals surface area contributed by atoms with E-state index in [1.54, 1.807) is 24.3 Å². The lowest BCUT2D eigenvalue weighted by Gasteiger charge is -2.02. The molecule has 0 aromatic carbocycles. The monoisotopic (exact) mass is 248 g/mol. The van der Waals surface area contributed by atoms with Crippen molar-refractivity contribution in [2.75, 3.05) is 7.11 Å². The number of ether oxygens (including phenoxy) is 1. The van der Waals surface area contributed by atoms with Gasteiger partial charge in [0.2, 0.25) is 0 Å². The lowest BCUT2D eigenvalue weighted by Crippen LogP contribution is -2.01. The Hall–Kier alpha value is -1.94. The minimum atomic E-state index is -0.400. The molecule has 5 heteroatoms. The molecule has 0 aliphatic heterocycles. The molecule has 0 atom stereocenters. The number of methoxy groups -OCH3 is 1. The zero-order valence-corrected chi connectivity index (χ0v) is 9.81. The highest BCUT2D eigenvalue weighted by Gasteiger charge is 2.08. The Bertz CT molecular complexity index is 540. The molecule has 0 fully saturated rings. The molecule has 0 unspecified atom stereocenters. The number of pyridine rings is 2. The summed E-state index contributed by atoms with van der Waals surface area (Å²) in [5.41, 5.74) is 1.69. The molecule has 86 valence electrons. The molecule has 0 aliphatic rings. The van der Waals surface area contributed by atoms with Crippen molar-refractivity contribution in [1.29, 1.82) is 0 Å². The topological polar surface area (TPSA) is 52.1 Å². The molecule has 4 nitrogen and oxygen atoms in total. The fourth-order valence-corrected chi connectivity index (χ4v) is 1.45. The van der Waals surface area contributed by atoms with E-state index in [0.29, 0.717) is 22.0 Å². The second-order valence-electron chi connectivity index (χ2n) is 3.28. The smallest absolute Gasteiger partial charge is 0.337 e. The highest BCUT2D eigenvalue weighted by Crippen LogP contribution is 2.17. The maximum Gasteiger partial charge on any atom is 0.337 e. The van der Waals surface area contributed by atoms with Crippen LogP contribution >= 0.6 is 11.6 Å². The Morgan fingerprint density at radius 1 is 1.24 bits per heavy atom. The SMILES string of the molecule is COC(=O)c1ccnc(-c2ccc(Cl)cn2)c1. The van der Waals surface area contributed by atoms with Gasteiger partial charge in [-0.25, -0.2) is 4.79 Å². The van der Waals surface area contributed by atoms with E-state index in [2.05, 4.69) is 14.7 Å². The summed E-state index contributed by atoms with van der Waals surface area (Å²) in [4.78, 5) is 19.6. The van der Waals surface area contributed by atoms with Crippen molar-refractivity contribution >= 4 is 17.6 Å². The Balaban J connectivity index is 2.39. The molecular weight excluding hydrogens is 240 g/mol. The summed E-state index contributed by atoms with van der Waals surface area (Å²) in [5, 5.41) is 0.554. The van der Waals surface area contributed by atoms with Gasteiger partial charge in [0.1, 0.15) is 0 Å². The zero-order chi connectivity index (χ0) is 12.3. The minimum Gasteiger partial charge on any atom is -0.465 e. The fourth-order valence-electron chi connectivity index (χ4n) is 1.34. The average molecular weight is 249 g/mol. The van der Waals surface area contributed by atoms with Crippen LogP contribution in [-0.4, -0.2) is 23.0 Å². The van der Waals surface area contributed by atoms with Gasteiger partial charge >= 0.3 is 5.97 Å². The first kappa shape index (κ1) is 11.5. The van der Waals surface area contributed by atoms with Crippen LogP contribution in [0.1, 0.15) is 10.4 Å². The predicted molar refractivity (Wildman–Crippen MR) is 63.8 cm³/mol. The first-order valence-corrected chi connectivity index (χ1v) is 5.25. The van der Waals surface area contributed by atoms with E-state index >= 15 is 0 Å². The third-order valence-electron chi connectivity index (χ3n) is 2.17. The molecule has 0 saturated heterocycles. The zero-order valence-electron chi connectivity index (χ0n) is 9.05. The van der Waals surface area contributed by atoms with Crippen molar-refractivity contribution in [1.82, 2.24) is 9.97 Å². The first-order valence-electron chi connectivity index (χ1n) is 4.87. The number of rotatable bonds is 2. The molecule has 0 bridgehead atoms. The lowest BCUT2D eigenvalue weighted by molar-refractivity contribution is 0.0600. The van der Waals surface area contributed by atoms with Crippen LogP contribution in [0.5, 0.6) is 0 Å². The van der Waals surface area contributed by atoms with E-state index in [4.69, 9.17) is 11.6 Å². The maximum atomic E-state index is 11.4. The molecule has 0 spiro atoms. The van der Waals surface area contributed by atoms with E-state index in [9.17, 15) is 4.79 Å². The van der Waals surface area contributed by atoms with E-state index in [0.717, 1.165) is 0 Å². The van der Waals surface area contributed by atoms with Crippen LogP contribution in [0.2, 0.25) is 5.02 Å². The summed E-state index contributed by atoms with van der Waals surface area (Å²) in [7, 11) is 1.34. The number of hydrogen-bond donors (Lipinski definition) is 0. The van der Waals surface area contributed by atoms with Crippen molar-refractivity contribution in [2.24, 2.45) is 0 Å². The molecule has 2 aromatic heterocycles. The number of hydrogen-bond acceptors (Lipinski definition) is 4. The maximum absolute atomic E-state index is 11.4. The summed E-state index contributed by atoms with van der Waals surface area (Å²) in [6, 6.07) is 6.68. The van der Waals surface area contributed by atoms with Gasteiger partial charge in [-0.05, 0) is 24.3 Å². The molecule has 0 saturated carbocycles. The Morgan fingerprint density at radius 3 is 2.71 bits per heavy atom. The van der Waals surface area contributed by atoms with Crippen LogP contribution in [0.15, 0.2) is 36.7 Å². The van der Waals surface area contributed by atoms with Crippen molar-refractivity contribution in [3.63, 3.8) is 0 Å². The van der Waals surface area contributed by atoms with E-state index in [-0.39, 0.29) is 0 Å². The Labute approximate surface area is 103 Å². The molecule has 0 radical (unpaired) electrons. The average Bonchev–Trinajstić information content (AvgIpc) is 2.39. The fraction of sp³-hybridized carbons (Fsp3) is 0.0833. The predicted octanol–water partition coefficient (Wildman–Crippen LogP) is 2.58. The van der Waals surface area contributed by atoms with Crippen LogP contribution in [0.3, 0.4) is 0 Å². The molecule has 0 aliphatic carbocycles. The quantitative estimate of drug-likeness (QED) is 0.767.